The molecular formula is C19H14Cl2FN3O. The molecule has 0 bridgehead atoms. The molecule has 26 heavy (non-hydrogen) atoms. The summed E-state index contributed by atoms with van der Waals surface area (Å²) in [6.07, 6.45) is 2.17. The maximum Gasteiger partial charge on any atom is 0.152 e. The minimum Gasteiger partial charge on any atom is -0.298 e. The van der Waals surface area contributed by atoms with Crippen LogP contribution in [0.25, 0.3) is 21.9 Å². The van der Waals surface area contributed by atoms with Crippen LogP contribution in [0.2, 0.25) is 5.15 Å². The van der Waals surface area contributed by atoms with Gasteiger partial charge in [-0.1, -0.05) is 23.2 Å². The summed E-state index contributed by atoms with van der Waals surface area (Å²) in [5, 5.41) is 4.92. The van der Waals surface area contributed by atoms with Crippen molar-refractivity contribution < 1.29 is 9.18 Å². The molecule has 3 aromatic rings. The van der Waals surface area contributed by atoms with Crippen molar-refractivity contribution in [3.05, 3.63) is 70.4 Å². The van der Waals surface area contributed by atoms with E-state index >= 15 is 0 Å². The highest BCUT2D eigenvalue weighted by molar-refractivity contribution is 6.55. The highest BCUT2D eigenvalue weighted by Gasteiger charge is 2.19. The number of hydrogen-bond acceptors (Lipinski definition) is 3. The van der Waals surface area contributed by atoms with Crippen LogP contribution in [-0.4, -0.2) is 21.1 Å². The number of hydrogen-bond donors (Lipinski definition) is 0. The number of nitrogens with zero attached hydrogens (tertiary/aromatic N) is 3. The molecule has 0 saturated carbocycles. The molecule has 132 valence electrons. The van der Waals surface area contributed by atoms with Gasteiger partial charge in [0.05, 0.1) is 10.7 Å². The summed E-state index contributed by atoms with van der Waals surface area (Å²) in [5.41, 5.74) is 3.67. The largest absolute Gasteiger partial charge is 0.298 e. The van der Waals surface area contributed by atoms with Crippen LogP contribution in [0.3, 0.4) is 0 Å². The van der Waals surface area contributed by atoms with Crippen molar-refractivity contribution in [1.29, 1.82) is 0 Å². The Morgan fingerprint density at radius 1 is 1.23 bits per heavy atom. The second-order valence-electron chi connectivity index (χ2n) is 5.67. The lowest BCUT2D eigenvalue weighted by Crippen LogP contribution is -1.95. The second-order valence-corrected chi connectivity index (χ2v) is 6.43. The van der Waals surface area contributed by atoms with E-state index < -0.39 is 0 Å². The van der Waals surface area contributed by atoms with Gasteiger partial charge >= 0.3 is 0 Å². The second kappa shape index (κ2) is 7.40. The topological polar surface area (TPSA) is 47.8 Å². The molecule has 0 saturated heterocycles. The Balaban J connectivity index is 2.16. The molecule has 1 aromatic carbocycles. The first-order valence-electron chi connectivity index (χ1n) is 7.69. The fraction of sp³-hybridized carbons (Fsp3) is 0.105. The number of aryl methyl sites for hydroxylation is 1. The van der Waals surface area contributed by atoms with E-state index in [0.29, 0.717) is 17.5 Å². The molecular weight excluding hydrogens is 376 g/mol. The molecule has 3 rings (SSSR count). The minimum atomic E-state index is -0.315. The molecule has 0 atom stereocenters. The number of rotatable bonds is 4. The molecule has 2 heterocycles. The van der Waals surface area contributed by atoms with Crippen LogP contribution >= 0.6 is 23.2 Å². The number of pyridine rings is 1. The molecule has 0 unspecified atom stereocenters. The van der Waals surface area contributed by atoms with Crippen LogP contribution in [0.5, 0.6) is 0 Å². The molecule has 2 aromatic heterocycles. The number of halogens is 3. The molecule has 0 amide bonds. The molecule has 0 aliphatic carbocycles. The van der Waals surface area contributed by atoms with Crippen molar-refractivity contribution in [2.24, 2.45) is 7.05 Å². The van der Waals surface area contributed by atoms with E-state index in [1.807, 2.05) is 6.92 Å². The van der Waals surface area contributed by atoms with E-state index in [4.69, 9.17) is 23.2 Å². The summed E-state index contributed by atoms with van der Waals surface area (Å²) in [5.74, 6) is -0.315. The fourth-order valence-corrected chi connectivity index (χ4v) is 3.30. The quantitative estimate of drug-likeness (QED) is 0.362. The van der Waals surface area contributed by atoms with Crippen molar-refractivity contribution >= 4 is 40.1 Å². The van der Waals surface area contributed by atoms with Gasteiger partial charge in [0.1, 0.15) is 16.7 Å². The van der Waals surface area contributed by atoms with Gasteiger partial charge < -0.3 is 0 Å². The third-order valence-corrected chi connectivity index (χ3v) is 4.59. The Labute approximate surface area is 159 Å². The summed E-state index contributed by atoms with van der Waals surface area (Å²) in [6.45, 7) is 1.85. The molecule has 4 nitrogen and oxygen atoms in total. The van der Waals surface area contributed by atoms with E-state index in [0.717, 1.165) is 16.8 Å². The zero-order chi connectivity index (χ0) is 18.8. The van der Waals surface area contributed by atoms with E-state index in [9.17, 15) is 9.18 Å². The smallest absolute Gasteiger partial charge is 0.152 e. The molecule has 0 aliphatic heterocycles. The van der Waals surface area contributed by atoms with Gasteiger partial charge in [-0.25, -0.2) is 9.37 Å². The van der Waals surface area contributed by atoms with Crippen molar-refractivity contribution in [3.8, 4) is 11.3 Å². The lowest BCUT2D eigenvalue weighted by atomic mass is 10.0. The first-order valence-corrected chi connectivity index (χ1v) is 8.44. The Bertz CT molecular complexity index is 1010. The zero-order valence-corrected chi connectivity index (χ0v) is 15.5. The fourth-order valence-electron chi connectivity index (χ4n) is 2.79. The predicted octanol–water partition coefficient (Wildman–Crippen LogP) is 4.89. The number of aldehydes is 1. The normalized spacial score (nSPS) is 12.0. The van der Waals surface area contributed by atoms with Crippen LogP contribution in [0.1, 0.15) is 16.8 Å². The Morgan fingerprint density at radius 2 is 1.92 bits per heavy atom. The van der Waals surface area contributed by atoms with Crippen molar-refractivity contribution in [2.75, 3.05) is 0 Å². The summed E-state index contributed by atoms with van der Waals surface area (Å²) < 4.78 is 14.9. The summed E-state index contributed by atoms with van der Waals surface area (Å²) in [7, 11) is 1.77. The number of aromatic nitrogens is 3. The summed E-state index contributed by atoms with van der Waals surface area (Å²) in [6, 6.07) is 9.32. The molecule has 0 spiro atoms. The van der Waals surface area contributed by atoms with Gasteiger partial charge in [-0.15, -0.1) is 0 Å². The Morgan fingerprint density at radius 3 is 2.54 bits per heavy atom. The monoisotopic (exact) mass is 389 g/mol. The highest BCUT2D eigenvalue weighted by atomic mass is 35.5. The van der Waals surface area contributed by atoms with Crippen LogP contribution in [-0.2, 0) is 11.8 Å². The van der Waals surface area contributed by atoms with Gasteiger partial charge in [-0.3, -0.25) is 9.48 Å². The van der Waals surface area contributed by atoms with Crippen molar-refractivity contribution in [2.45, 2.75) is 6.92 Å². The number of benzene rings is 1. The average Bonchev–Trinajstić information content (AvgIpc) is 2.91. The van der Waals surface area contributed by atoms with E-state index in [2.05, 4.69) is 10.1 Å². The molecule has 0 fully saturated rings. The molecule has 0 radical (unpaired) electrons. The average molecular weight is 390 g/mol. The van der Waals surface area contributed by atoms with E-state index in [1.165, 1.54) is 18.3 Å². The van der Waals surface area contributed by atoms with E-state index in [-0.39, 0.29) is 21.6 Å². The van der Waals surface area contributed by atoms with Crippen molar-refractivity contribution in [1.82, 2.24) is 14.8 Å². The van der Waals surface area contributed by atoms with Crippen LogP contribution in [0, 0.1) is 12.7 Å². The summed E-state index contributed by atoms with van der Waals surface area (Å²) >= 11 is 12.4. The molecule has 7 heteroatoms. The number of carbonyl (C=O) groups is 1. The standard InChI is InChI=1S/C19H14Cl2FN3O/c1-11-18(17(21)15(10-26)13-7-8-23-16(20)9-13)24-25(2)19(11)12-3-5-14(22)6-4-12/h3-10H,1-2H3. The van der Waals surface area contributed by atoms with Gasteiger partial charge in [0.15, 0.2) is 6.29 Å². The van der Waals surface area contributed by atoms with Crippen molar-refractivity contribution in [3.63, 3.8) is 0 Å². The lowest BCUT2D eigenvalue weighted by Gasteiger charge is -2.05. The number of allylic oxidation sites excluding steroid dienone is 1. The van der Waals surface area contributed by atoms with Gasteiger partial charge in [0, 0.05) is 29.9 Å². The Hall–Kier alpha value is -2.50. The predicted molar refractivity (Wildman–Crippen MR) is 101 cm³/mol. The van der Waals surface area contributed by atoms with Crippen LogP contribution in [0.4, 0.5) is 4.39 Å². The zero-order valence-electron chi connectivity index (χ0n) is 14.0. The van der Waals surface area contributed by atoms with Gasteiger partial charge in [-0.05, 0) is 48.9 Å². The molecule has 0 aliphatic rings. The van der Waals surface area contributed by atoms with Gasteiger partial charge in [0.25, 0.3) is 0 Å². The van der Waals surface area contributed by atoms with E-state index in [1.54, 1.807) is 36.0 Å². The lowest BCUT2D eigenvalue weighted by molar-refractivity contribution is -0.103. The first-order chi connectivity index (χ1) is 12.4. The third kappa shape index (κ3) is 3.41. The summed E-state index contributed by atoms with van der Waals surface area (Å²) in [4.78, 5) is 15.6. The number of carbonyl (C=O) groups excluding carboxylic acids is 1. The van der Waals surface area contributed by atoms with Gasteiger partial charge in [0.2, 0.25) is 0 Å². The first kappa shape index (κ1) is 18.3. The Kier molecular flexibility index (Phi) is 5.20. The maximum atomic E-state index is 13.2. The van der Waals surface area contributed by atoms with Gasteiger partial charge in [-0.2, -0.15) is 5.10 Å². The van der Waals surface area contributed by atoms with Crippen LogP contribution in [0.15, 0.2) is 42.6 Å². The van der Waals surface area contributed by atoms with Crippen LogP contribution < -0.4 is 0 Å². The third-order valence-electron chi connectivity index (χ3n) is 4.00. The maximum absolute atomic E-state index is 13.2. The SMILES string of the molecule is Cc1c(C(Cl)=C(C=O)c2ccnc(Cl)c2)nn(C)c1-c1ccc(F)cc1. The highest BCUT2D eigenvalue weighted by Crippen LogP contribution is 2.34. The molecule has 0 N–H and O–H groups in total. The minimum absolute atomic E-state index is 0.212.